The normalized spacial score (nSPS) is 23.6. The zero-order valence-electron chi connectivity index (χ0n) is 9.06. The molecule has 0 bridgehead atoms. The maximum absolute atomic E-state index is 12.2. The fourth-order valence-corrected chi connectivity index (χ4v) is 1.90. The molecule has 1 aliphatic carbocycles. The maximum atomic E-state index is 12.2. The quantitative estimate of drug-likeness (QED) is 0.732. The summed E-state index contributed by atoms with van der Waals surface area (Å²) in [6.07, 6.45) is 1.29. The first kappa shape index (κ1) is 11.1. The van der Waals surface area contributed by atoms with Crippen molar-refractivity contribution >= 4 is 5.97 Å². The Morgan fingerprint density at radius 2 is 2.00 bits per heavy atom. The van der Waals surface area contributed by atoms with Gasteiger partial charge in [-0.1, -0.05) is 30.3 Å². The highest BCUT2D eigenvalue weighted by molar-refractivity contribution is 5.73. The molecule has 3 heteroatoms. The Hall–Kier alpha value is -1.38. The van der Waals surface area contributed by atoms with Crippen LogP contribution in [0.15, 0.2) is 30.3 Å². The topological polar surface area (TPSA) is 26.3 Å². The summed E-state index contributed by atoms with van der Waals surface area (Å²) >= 11 is 0. The number of carbonyl (C=O) groups excluding carboxylic acids is 1. The number of ether oxygens (including phenoxy) is 1. The van der Waals surface area contributed by atoms with Crippen molar-refractivity contribution in [3.8, 4) is 0 Å². The third kappa shape index (κ3) is 2.60. The predicted octanol–water partition coefficient (Wildman–Crippen LogP) is 2.73. The Kier molecular flexibility index (Phi) is 3.54. The molecule has 0 unspecified atom stereocenters. The number of hydrogen-bond donors (Lipinski definition) is 0. The summed E-state index contributed by atoms with van der Waals surface area (Å²) in [6, 6.07) is 9.57. The van der Waals surface area contributed by atoms with E-state index in [9.17, 15) is 9.18 Å². The molecule has 0 N–H and O–H groups in total. The first-order valence-corrected chi connectivity index (χ1v) is 5.56. The summed E-state index contributed by atoms with van der Waals surface area (Å²) < 4.78 is 17.3. The average Bonchev–Trinajstić information content (AvgIpc) is 2.26. The lowest BCUT2D eigenvalue weighted by Gasteiger charge is -2.31. The average molecular weight is 222 g/mol. The van der Waals surface area contributed by atoms with Gasteiger partial charge in [-0.2, -0.15) is 0 Å². The van der Waals surface area contributed by atoms with Gasteiger partial charge in [0.15, 0.2) is 0 Å². The number of rotatable bonds is 4. The first-order chi connectivity index (χ1) is 7.79. The lowest BCUT2D eigenvalue weighted by atomic mass is 9.76. The fourth-order valence-electron chi connectivity index (χ4n) is 1.90. The van der Waals surface area contributed by atoms with E-state index in [0.29, 0.717) is 19.4 Å². The summed E-state index contributed by atoms with van der Waals surface area (Å²) in [6.45, 7) is -0.00106. The molecule has 2 rings (SSSR count). The van der Waals surface area contributed by atoms with E-state index >= 15 is 0 Å². The standard InChI is InChI=1S/C13H15FO2/c14-8-11-6-12(7-11)13(15)16-9-10-4-2-1-3-5-10/h1-5,11-12H,6-9H2. The van der Waals surface area contributed by atoms with E-state index < -0.39 is 0 Å². The smallest absolute Gasteiger partial charge is 0.309 e. The van der Waals surface area contributed by atoms with Crippen molar-refractivity contribution < 1.29 is 13.9 Å². The Morgan fingerprint density at radius 1 is 1.31 bits per heavy atom. The van der Waals surface area contributed by atoms with E-state index in [1.165, 1.54) is 0 Å². The number of benzene rings is 1. The third-order valence-corrected chi connectivity index (χ3v) is 3.01. The zero-order valence-corrected chi connectivity index (χ0v) is 9.06. The summed E-state index contributed by atoms with van der Waals surface area (Å²) in [5, 5.41) is 0. The molecule has 2 nitrogen and oxygen atoms in total. The molecular weight excluding hydrogens is 207 g/mol. The van der Waals surface area contributed by atoms with Gasteiger partial charge in [0.05, 0.1) is 12.6 Å². The van der Waals surface area contributed by atoms with Crippen LogP contribution < -0.4 is 0 Å². The fraction of sp³-hybridized carbons (Fsp3) is 0.462. The van der Waals surface area contributed by atoms with Gasteiger partial charge in [0.2, 0.25) is 0 Å². The van der Waals surface area contributed by atoms with Gasteiger partial charge in [-0.25, -0.2) is 0 Å². The molecule has 86 valence electrons. The second-order valence-electron chi connectivity index (χ2n) is 4.28. The molecule has 0 saturated heterocycles. The lowest BCUT2D eigenvalue weighted by molar-refractivity contribution is -0.154. The molecule has 1 aliphatic rings. The molecule has 1 aromatic rings. The predicted molar refractivity (Wildman–Crippen MR) is 58.4 cm³/mol. The van der Waals surface area contributed by atoms with E-state index in [-0.39, 0.29) is 24.5 Å². The summed E-state index contributed by atoms with van der Waals surface area (Å²) in [5.41, 5.74) is 0.984. The first-order valence-electron chi connectivity index (χ1n) is 5.56. The molecule has 0 spiro atoms. The molecule has 0 atom stereocenters. The minimum Gasteiger partial charge on any atom is -0.461 e. The van der Waals surface area contributed by atoms with E-state index in [1.54, 1.807) is 0 Å². The molecular formula is C13H15FO2. The van der Waals surface area contributed by atoms with Gasteiger partial charge >= 0.3 is 5.97 Å². The molecule has 0 heterocycles. The van der Waals surface area contributed by atoms with Crippen LogP contribution in [0.3, 0.4) is 0 Å². The second kappa shape index (κ2) is 5.10. The Labute approximate surface area is 94.4 Å². The third-order valence-electron chi connectivity index (χ3n) is 3.01. The van der Waals surface area contributed by atoms with Crippen LogP contribution >= 0.6 is 0 Å². The zero-order chi connectivity index (χ0) is 11.4. The van der Waals surface area contributed by atoms with Crippen LogP contribution in [0.1, 0.15) is 18.4 Å². The lowest BCUT2D eigenvalue weighted by Crippen LogP contribution is -2.32. The van der Waals surface area contributed by atoms with Crippen molar-refractivity contribution in [1.82, 2.24) is 0 Å². The van der Waals surface area contributed by atoms with Gasteiger partial charge in [-0.05, 0) is 24.3 Å². The van der Waals surface area contributed by atoms with Crippen LogP contribution in [0, 0.1) is 11.8 Å². The number of halogens is 1. The van der Waals surface area contributed by atoms with Crippen molar-refractivity contribution in [2.24, 2.45) is 11.8 Å². The Bertz CT molecular complexity index is 344. The Balaban J connectivity index is 1.73. The van der Waals surface area contributed by atoms with Crippen molar-refractivity contribution in [3.05, 3.63) is 35.9 Å². The van der Waals surface area contributed by atoms with E-state index in [2.05, 4.69) is 0 Å². The highest BCUT2D eigenvalue weighted by Crippen LogP contribution is 2.34. The van der Waals surface area contributed by atoms with Crippen molar-refractivity contribution in [3.63, 3.8) is 0 Å². The van der Waals surface area contributed by atoms with Crippen LogP contribution in [-0.4, -0.2) is 12.6 Å². The molecule has 1 aromatic carbocycles. The van der Waals surface area contributed by atoms with Gasteiger partial charge in [-0.3, -0.25) is 9.18 Å². The minimum absolute atomic E-state index is 0.0780. The molecule has 1 fully saturated rings. The van der Waals surface area contributed by atoms with Gasteiger partial charge < -0.3 is 4.74 Å². The molecule has 16 heavy (non-hydrogen) atoms. The largest absolute Gasteiger partial charge is 0.461 e. The molecule has 0 aromatic heterocycles. The van der Waals surface area contributed by atoms with E-state index in [1.807, 2.05) is 30.3 Å². The van der Waals surface area contributed by atoms with Crippen LogP contribution in [0.2, 0.25) is 0 Å². The second-order valence-corrected chi connectivity index (χ2v) is 4.28. The van der Waals surface area contributed by atoms with E-state index in [4.69, 9.17) is 4.74 Å². The van der Waals surface area contributed by atoms with Crippen LogP contribution in [0.25, 0.3) is 0 Å². The monoisotopic (exact) mass is 222 g/mol. The highest BCUT2D eigenvalue weighted by atomic mass is 19.1. The SMILES string of the molecule is O=C(OCc1ccccc1)C1CC(CF)C1. The van der Waals surface area contributed by atoms with Gasteiger partial charge in [0.25, 0.3) is 0 Å². The molecule has 0 amide bonds. The van der Waals surface area contributed by atoms with Crippen LogP contribution in [0.5, 0.6) is 0 Å². The number of carbonyl (C=O) groups is 1. The molecule has 0 radical (unpaired) electrons. The Morgan fingerprint density at radius 3 is 2.62 bits per heavy atom. The molecule has 0 aliphatic heterocycles. The maximum Gasteiger partial charge on any atom is 0.309 e. The summed E-state index contributed by atoms with van der Waals surface area (Å²) in [7, 11) is 0. The summed E-state index contributed by atoms with van der Waals surface area (Å²) in [4.78, 5) is 11.5. The number of alkyl halides is 1. The van der Waals surface area contributed by atoms with Crippen molar-refractivity contribution in [2.45, 2.75) is 19.4 Å². The van der Waals surface area contributed by atoms with Crippen molar-refractivity contribution in [1.29, 1.82) is 0 Å². The van der Waals surface area contributed by atoms with Crippen LogP contribution in [0.4, 0.5) is 4.39 Å². The highest BCUT2D eigenvalue weighted by Gasteiger charge is 2.35. The van der Waals surface area contributed by atoms with Gasteiger partial charge in [-0.15, -0.1) is 0 Å². The molecule has 1 saturated carbocycles. The van der Waals surface area contributed by atoms with Crippen molar-refractivity contribution in [2.75, 3.05) is 6.67 Å². The van der Waals surface area contributed by atoms with Gasteiger partial charge in [0.1, 0.15) is 6.61 Å². The number of hydrogen-bond acceptors (Lipinski definition) is 2. The minimum atomic E-state index is -0.317. The van der Waals surface area contributed by atoms with Crippen LogP contribution in [-0.2, 0) is 16.1 Å². The van der Waals surface area contributed by atoms with E-state index in [0.717, 1.165) is 5.56 Å². The van der Waals surface area contributed by atoms with Gasteiger partial charge in [0, 0.05) is 0 Å². The number of esters is 1. The summed E-state index contributed by atoms with van der Waals surface area (Å²) in [5.74, 6) is -0.188.